The van der Waals surface area contributed by atoms with Crippen LogP contribution >= 0.6 is 0 Å². The normalized spacial score (nSPS) is 13.3. The molecule has 1 heterocycles. The molecule has 1 atom stereocenters. The Labute approximate surface area is 73.0 Å². The fourth-order valence-electron chi connectivity index (χ4n) is 1.15. The molecule has 0 radical (unpaired) electrons. The van der Waals surface area contributed by atoms with E-state index in [0.717, 1.165) is 17.8 Å². The highest BCUT2D eigenvalue weighted by Crippen LogP contribution is 2.28. The quantitative estimate of drug-likeness (QED) is 0.733. The van der Waals surface area contributed by atoms with Crippen LogP contribution in [0.3, 0.4) is 0 Å². The van der Waals surface area contributed by atoms with E-state index in [1.807, 2.05) is 14.0 Å². The zero-order valence-corrected chi connectivity index (χ0v) is 8.13. The first kappa shape index (κ1) is 9.10. The van der Waals surface area contributed by atoms with Crippen molar-refractivity contribution in [3.8, 4) is 5.75 Å². The van der Waals surface area contributed by atoms with Crippen LogP contribution in [0.1, 0.15) is 37.6 Å². The zero-order valence-electron chi connectivity index (χ0n) is 8.13. The number of hydrogen-bond acceptors (Lipinski definition) is 2. The Balaban J connectivity index is 3.08. The summed E-state index contributed by atoms with van der Waals surface area (Å²) < 4.78 is 1.72. The molecule has 0 aliphatic heterocycles. The Bertz CT molecular complexity index is 278. The van der Waals surface area contributed by atoms with Gasteiger partial charge in [-0.25, -0.2) is 0 Å². The van der Waals surface area contributed by atoms with E-state index < -0.39 is 0 Å². The second-order valence-electron chi connectivity index (χ2n) is 3.25. The molecule has 12 heavy (non-hydrogen) atoms. The fraction of sp³-hybridized carbons (Fsp3) is 0.667. The van der Waals surface area contributed by atoms with Crippen molar-refractivity contribution in [3.05, 3.63) is 11.4 Å². The molecule has 3 nitrogen and oxygen atoms in total. The molecule has 0 saturated heterocycles. The van der Waals surface area contributed by atoms with Gasteiger partial charge in [0.2, 0.25) is 0 Å². The lowest BCUT2D eigenvalue weighted by atomic mass is 10.0. The Morgan fingerprint density at radius 2 is 2.17 bits per heavy atom. The summed E-state index contributed by atoms with van der Waals surface area (Å²) in [7, 11) is 1.85. The van der Waals surface area contributed by atoms with E-state index >= 15 is 0 Å². The van der Waals surface area contributed by atoms with Crippen LogP contribution in [-0.4, -0.2) is 14.9 Å². The molecule has 0 bridgehead atoms. The fourth-order valence-corrected chi connectivity index (χ4v) is 1.15. The molecule has 1 rings (SSSR count). The number of aromatic hydroxyl groups is 1. The van der Waals surface area contributed by atoms with Crippen LogP contribution in [0.25, 0.3) is 0 Å². The largest absolute Gasteiger partial charge is 0.504 e. The zero-order chi connectivity index (χ0) is 9.30. The monoisotopic (exact) mass is 168 g/mol. The van der Waals surface area contributed by atoms with E-state index in [-0.39, 0.29) is 0 Å². The molecule has 1 aromatic heterocycles. The SMILES string of the molecule is CCC(C)c1nn(C)c(C)c1O. The third kappa shape index (κ3) is 1.31. The van der Waals surface area contributed by atoms with Crippen LogP contribution in [0.4, 0.5) is 0 Å². The van der Waals surface area contributed by atoms with E-state index in [1.54, 1.807) is 4.68 Å². The average Bonchev–Trinajstić information content (AvgIpc) is 2.32. The second kappa shape index (κ2) is 3.17. The smallest absolute Gasteiger partial charge is 0.160 e. The molecule has 0 saturated carbocycles. The van der Waals surface area contributed by atoms with Crippen molar-refractivity contribution in [1.82, 2.24) is 9.78 Å². The molecule has 1 unspecified atom stereocenters. The lowest BCUT2D eigenvalue weighted by molar-refractivity contribution is 0.457. The van der Waals surface area contributed by atoms with Gasteiger partial charge in [-0.3, -0.25) is 4.68 Å². The number of hydrogen-bond donors (Lipinski definition) is 1. The average molecular weight is 168 g/mol. The molecular weight excluding hydrogens is 152 g/mol. The standard InChI is InChI=1S/C9H16N2O/c1-5-6(2)8-9(12)7(3)11(4)10-8/h6,12H,5H2,1-4H3. The molecule has 1 aromatic rings. The molecule has 3 heteroatoms. The predicted octanol–water partition coefficient (Wildman–Crippen LogP) is 1.95. The van der Waals surface area contributed by atoms with Crippen molar-refractivity contribution < 1.29 is 5.11 Å². The minimum Gasteiger partial charge on any atom is -0.504 e. The van der Waals surface area contributed by atoms with Crippen molar-refractivity contribution in [3.63, 3.8) is 0 Å². The van der Waals surface area contributed by atoms with E-state index in [0.29, 0.717) is 11.7 Å². The third-order valence-corrected chi connectivity index (χ3v) is 2.41. The minimum atomic E-state index is 0.338. The van der Waals surface area contributed by atoms with Crippen LogP contribution in [0.2, 0.25) is 0 Å². The van der Waals surface area contributed by atoms with Crippen LogP contribution in [0.15, 0.2) is 0 Å². The van der Waals surface area contributed by atoms with Crippen LogP contribution in [-0.2, 0) is 7.05 Å². The van der Waals surface area contributed by atoms with E-state index in [9.17, 15) is 5.11 Å². The summed E-state index contributed by atoms with van der Waals surface area (Å²) in [6.45, 7) is 6.03. The summed E-state index contributed by atoms with van der Waals surface area (Å²) in [5, 5.41) is 13.9. The van der Waals surface area contributed by atoms with Gasteiger partial charge in [0.1, 0.15) is 5.69 Å². The molecular formula is C9H16N2O. The van der Waals surface area contributed by atoms with Gasteiger partial charge in [0.15, 0.2) is 5.75 Å². The Hall–Kier alpha value is -0.990. The van der Waals surface area contributed by atoms with Gasteiger partial charge in [0, 0.05) is 13.0 Å². The maximum absolute atomic E-state index is 9.64. The van der Waals surface area contributed by atoms with Crippen LogP contribution < -0.4 is 0 Å². The summed E-state index contributed by atoms with van der Waals surface area (Å²) in [4.78, 5) is 0. The van der Waals surface area contributed by atoms with Crippen LogP contribution in [0, 0.1) is 6.92 Å². The second-order valence-corrected chi connectivity index (χ2v) is 3.25. The molecule has 0 aromatic carbocycles. The first-order chi connectivity index (χ1) is 5.57. The number of nitrogens with zero attached hydrogens (tertiary/aromatic N) is 2. The minimum absolute atomic E-state index is 0.338. The van der Waals surface area contributed by atoms with Gasteiger partial charge in [0.05, 0.1) is 5.69 Å². The summed E-state index contributed by atoms with van der Waals surface area (Å²) in [5.74, 6) is 0.691. The van der Waals surface area contributed by atoms with E-state index in [2.05, 4.69) is 18.9 Å². The predicted molar refractivity (Wildman–Crippen MR) is 48.3 cm³/mol. The van der Waals surface area contributed by atoms with Gasteiger partial charge in [-0.1, -0.05) is 13.8 Å². The molecule has 68 valence electrons. The van der Waals surface area contributed by atoms with Gasteiger partial charge in [-0.2, -0.15) is 5.10 Å². The van der Waals surface area contributed by atoms with E-state index in [1.165, 1.54) is 0 Å². The van der Waals surface area contributed by atoms with Gasteiger partial charge in [-0.15, -0.1) is 0 Å². The molecule has 0 amide bonds. The number of aromatic nitrogens is 2. The summed E-state index contributed by atoms with van der Waals surface area (Å²) in [5.41, 5.74) is 1.66. The van der Waals surface area contributed by atoms with Gasteiger partial charge in [0.25, 0.3) is 0 Å². The number of rotatable bonds is 2. The molecule has 0 spiro atoms. The van der Waals surface area contributed by atoms with Crippen LogP contribution in [0.5, 0.6) is 5.75 Å². The topological polar surface area (TPSA) is 38.0 Å². The molecule has 0 aliphatic carbocycles. The molecule has 1 N–H and O–H groups in total. The highest BCUT2D eigenvalue weighted by atomic mass is 16.3. The Kier molecular flexibility index (Phi) is 2.40. The Morgan fingerprint density at radius 1 is 1.58 bits per heavy atom. The molecule has 0 fully saturated rings. The number of aryl methyl sites for hydroxylation is 1. The van der Waals surface area contributed by atoms with E-state index in [4.69, 9.17) is 0 Å². The van der Waals surface area contributed by atoms with Gasteiger partial charge < -0.3 is 5.11 Å². The van der Waals surface area contributed by atoms with Gasteiger partial charge >= 0.3 is 0 Å². The maximum atomic E-state index is 9.64. The first-order valence-electron chi connectivity index (χ1n) is 4.30. The maximum Gasteiger partial charge on any atom is 0.160 e. The molecule has 0 aliphatic rings. The highest BCUT2D eigenvalue weighted by molar-refractivity contribution is 5.33. The highest BCUT2D eigenvalue weighted by Gasteiger charge is 2.15. The van der Waals surface area contributed by atoms with Crippen molar-refractivity contribution in [1.29, 1.82) is 0 Å². The Morgan fingerprint density at radius 3 is 2.50 bits per heavy atom. The van der Waals surface area contributed by atoms with Crippen molar-refractivity contribution in [2.75, 3.05) is 0 Å². The summed E-state index contributed by atoms with van der Waals surface area (Å²) >= 11 is 0. The summed E-state index contributed by atoms with van der Waals surface area (Å²) in [6, 6.07) is 0. The lowest BCUT2D eigenvalue weighted by Gasteiger charge is -2.03. The van der Waals surface area contributed by atoms with Gasteiger partial charge in [-0.05, 0) is 13.3 Å². The third-order valence-electron chi connectivity index (χ3n) is 2.41. The van der Waals surface area contributed by atoms with Crippen molar-refractivity contribution in [2.24, 2.45) is 7.05 Å². The van der Waals surface area contributed by atoms with Crippen molar-refractivity contribution >= 4 is 0 Å². The first-order valence-corrected chi connectivity index (χ1v) is 4.30. The lowest BCUT2D eigenvalue weighted by Crippen LogP contribution is -1.96. The van der Waals surface area contributed by atoms with Crippen molar-refractivity contribution in [2.45, 2.75) is 33.1 Å². The summed E-state index contributed by atoms with van der Waals surface area (Å²) in [6.07, 6.45) is 1.00.